The summed E-state index contributed by atoms with van der Waals surface area (Å²) in [5.74, 6) is -4.57. The minimum atomic E-state index is -4.65. The van der Waals surface area contributed by atoms with Crippen molar-refractivity contribution in [1.29, 1.82) is 0 Å². The molecule has 0 saturated heterocycles. The van der Waals surface area contributed by atoms with Crippen molar-refractivity contribution in [1.82, 2.24) is 0 Å². The summed E-state index contributed by atoms with van der Waals surface area (Å²) in [4.78, 5) is 24.4. The van der Waals surface area contributed by atoms with E-state index in [1.807, 2.05) is 0 Å². The van der Waals surface area contributed by atoms with Crippen molar-refractivity contribution >= 4 is 21.9 Å². The predicted molar refractivity (Wildman–Crippen MR) is 103 cm³/mol. The van der Waals surface area contributed by atoms with Crippen LogP contribution in [-0.2, 0) is 34.9 Å². The molecule has 0 aliphatic carbocycles. The number of aryl methyl sites for hydroxylation is 1. The Bertz CT molecular complexity index is 1180. The Morgan fingerprint density at radius 1 is 1.21 bits per heavy atom. The van der Waals surface area contributed by atoms with Crippen LogP contribution in [0.25, 0.3) is 0 Å². The van der Waals surface area contributed by atoms with Crippen molar-refractivity contribution < 1.29 is 35.8 Å². The lowest BCUT2D eigenvalue weighted by molar-refractivity contribution is -0.123. The van der Waals surface area contributed by atoms with E-state index in [0.29, 0.717) is 0 Å². The highest BCUT2D eigenvalue weighted by Gasteiger charge is 2.39. The molecule has 1 aliphatic heterocycles. The highest BCUT2D eigenvalue weighted by atomic mass is 32.2. The highest BCUT2D eigenvalue weighted by Crippen LogP contribution is 2.32. The van der Waals surface area contributed by atoms with Crippen molar-refractivity contribution in [3.8, 4) is 0 Å². The van der Waals surface area contributed by atoms with E-state index in [1.165, 1.54) is 43.5 Å². The summed E-state index contributed by atoms with van der Waals surface area (Å²) >= 11 is 0. The van der Waals surface area contributed by atoms with Gasteiger partial charge in [0, 0.05) is 8.30 Å². The minimum absolute atomic E-state index is 0.0336. The quantitative estimate of drug-likeness (QED) is 0.532. The number of hydrogen-bond acceptors (Lipinski definition) is 8. The van der Waals surface area contributed by atoms with Gasteiger partial charge in [0.05, 0.1) is 19.8 Å². The molecule has 3 rings (SSSR count). The van der Waals surface area contributed by atoms with Gasteiger partial charge in [-0.2, -0.15) is 8.42 Å². The van der Waals surface area contributed by atoms with Crippen LogP contribution in [0.15, 0.2) is 66.2 Å². The summed E-state index contributed by atoms with van der Waals surface area (Å²) in [6.07, 6.45) is -4.76. The second kappa shape index (κ2) is 8.36. The Morgan fingerprint density at radius 2 is 1.86 bits per heavy atom. The van der Waals surface area contributed by atoms with Crippen LogP contribution in [0.5, 0.6) is 0 Å². The van der Waals surface area contributed by atoms with E-state index < -0.39 is 51.7 Å². The summed E-state index contributed by atoms with van der Waals surface area (Å²) in [5, 5.41) is 0. The van der Waals surface area contributed by atoms with Crippen LogP contribution >= 0.6 is 0 Å². The number of carbonyl (C=O) groups excluding carboxylic acids is 2. The molecule has 0 radical (unpaired) electrons. The molecule has 152 valence electrons. The van der Waals surface area contributed by atoms with Gasteiger partial charge in [-0.25, -0.2) is 4.79 Å². The van der Waals surface area contributed by atoms with Crippen molar-refractivity contribution in [3.05, 3.63) is 82.9 Å². The first kappa shape index (κ1) is 16.6. The van der Waals surface area contributed by atoms with Crippen LogP contribution in [-0.4, -0.2) is 33.0 Å². The molecule has 0 spiro atoms. The SMILES string of the molecule is [2H]C([2H])(CS(=O)(=O)OC1=C(N)OC([2H])(c2ccc(C(=O)OC)cc2)C1=O)c1ccccc1. The number of esters is 1. The first-order chi connectivity index (χ1) is 14.9. The lowest BCUT2D eigenvalue weighted by atomic mass is 10.0. The molecule has 2 aromatic rings. The Morgan fingerprint density at radius 3 is 2.48 bits per heavy atom. The number of methoxy groups -OCH3 is 1. The maximum absolute atomic E-state index is 12.8. The fourth-order valence-corrected chi connectivity index (χ4v) is 3.26. The molecule has 2 aromatic carbocycles. The first-order valence-electron chi connectivity index (χ1n) is 9.80. The van der Waals surface area contributed by atoms with Crippen LogP contribution in [0.1, 0.15) is 31.7 Å². The molecule has 0 amide bonds. The molecule has 0 saturated carbocycles. The molecule has 29 heavy (non-hydrogen) atoms. The third-order valence-electron chi connectivity index (χ3n) is 3.85. The Balaban J connectivity index is 1.81. The third kappa shape index (κ3) is 4.75. The maximum atomic E-state index is 12.8. The lowest BCUT2D eigenvalue weighted by Crippen LogP contribution is -2.18. The van der Waals surface area contributed by atoms with Crippen LogP contribution in [0.3, 0.4) is 0 Å². The molecule has 1 aliphatic rings. The highest BCUT2D eigenvalue weighted by molar-refractivity contribution is 7.86. The Kier molecular flexibility index (Phi) is 4.79. The molecule has 0 bridgehead atoms. The number of ketones is 1. The van der Waals surface area contributed by atoms with Gasteiger partial charge in [0.15, 0.2) is 6.08 Å². The first-order valence-corrected chi connectivity index (χ1v) is 9.87. The fraction of sp³-hybridized carbons (Fsp3) is 0.200. The average molecular weight is 420 g/mol. The normalized spacial score (nSPS) is 21.0. The predicted octanol–water partition coefficient (Wildman–Crippen LogP) is 1.83. The minimum Gasteiger partial charge on any atom is -0.465 e. The fourth-order valence-electron chi connectivity index (χ4n) is 2.45. The zero-order chi connectivity index (χ0) is 23.7. The Hall–Kier alpha value is -3.33. The van der Waals surface area contributed by atoms with Crippen LogP contribution in [0.2, 0.25) is 0 Å². The van der Waals surface area contributed by atoms with Crippen LogP contribution < -0.4 is 5.73 Å². The average Bonchev–Trinajstić information content (AvgIpc) is 2.96. The number of ether oxygens (including phenoxy) is 2. The zero-order valence-corrected chi connectivity index (χ0v) is 16.1. The Labute approximate surface area is 172 Å². The van der Waals surface area contributed by atoms with Crippen molar-refractivity contribution in [2.75, 3.05) is 12.9 Å². The number of rotatable bonds is 7. The molecule has 2 N–H and O–H groups in total. The van der Waals surface area contributed by atoms with Crippen molar-refractivity contribution in [2.24, 2.45) is 5.73 Å². The number of hydrogen-bond donors (Lipinski definition) is 1. The van der Waals surface area contributed by atoms with Gasteiger partial charge in [0.1, 0.15) is 0 Å². The summed E-state index contributed by atoms with van der Waals surface area (Å²) in [5.41, 5.74) is 5.85. The molecule has 0 fully saturated rings. The van der Waals surface area contributed by atoms with Gasteiger partial charge in [-0.3, -0.25) is 4.79 Å². The van der Waals surface area contributed by atoms with Crippen molar-refractivity contribution in [2.45, 2.75) is 12.5 Å². The topological polar surface area (TPSA) is 122 Å². The molecular weight excluding hydrogens is 398 g/mol. The number of Topliss-reactive ketones (excluding diaryl/α,β-unsaturated/α-hetero) is 1. The van der Waals surface area contributed by atoms with Gasteiger partial charge >= 0.3 is 16.1 Å². The van der Waals surface area contributed by atoms with Gasteiger partial charge < -0.3 is 19.4 Å². The lowest BCUT2D eigenvalue weighted by Gasteiger charge is -2.10. The van der Waals surface area contributed by atoms with Gasteiger partial charge in [0.2, 0.25) is 17.4 Å². The second-order valence-corrected chi connectivity index (χ2v) is 7.42. The molecule has 1 atom stereocenters. The molecule has 8 nitrogen and oxygen atoms in total. The van der Waals surface area contributed by atoms with Gasteiger partial charge in [-0.05, 0) is 24.1 Å². The maximum Gasteiger partial charge on any atom is 0.337 e. The van der Waals surface area contributed by atoms with E-state index in [1.54, 1.807) is 18.2 Å². The van der Waals surface area contributed by atoms with Crippen LogP contribution in [0.4, 0.5) is 0 Å². The van der Waals surface area contributed by atoms with Gasteiger partial charge in [0.25, 0.3) is 0 Å². The third-order valence-corrected chi connectivity index (χ3v) is 4.77. The summed E-state index contributed by atoms with van der Waals surface area (Å²) in [6, 6.07) is 12.7. The monoisotopic (exact) mass is 420 g/mol. The molecule has 0 aromatic heterocycles. The van der Waals surface area contributed by atoms with Crippen LogP contribution in [0, 0.1) is 0 Å². The van der Waals surface area contributed by atoms with E-state index in [4.69, 9.17) is 18.8 Å². The van der Waals surface area contributed by atoms with Gasteiger partial charge in [-0.15, -0.1) is 0 Å². The van der Waals surface area contributed by atoms with E-state index >= 15 is 0 Å². The second-order valence-electron chi connectivity index (χ2n) is 5.85. The van der Waals surface area contributed by atoms with E-state index in [0.717, 1.165) is 0 Å². The van der Waals surface area contributed by atoms with Crippen molar-refractivity contribution in [3.63, 3.8) is 0 Å². The number of nitrogens with two attached hydrogens (primary N) is 1. The number of carbonyl (C=O) groups is 2. The van der Waals surface area contributed by atoms with E-state index in [-0.39, 0.29) is 16.7 Å². The standard InChI is InChI=1S/C20H19NO7S/c1-26-20(23)15-9-7-14(8-10-15)17-16(22)18(19(21)27-17)28-29(24,25)12-11-13-5-3-2-4-6-13/h2-10,17H,11-12,21H2,1H3/i11D2,17D. The summed E-state index contributed by atoms with van der Waals surface area (Å²) in [6.45, 7) is 0. The van der Waals surface area contributed by atoms with Gasteiger partial charge in [-0.1, -0.05) is 42.5 Å². The number of benzene rings is 2. The molecular formula is C20H19NO7S. The largest absolute Gasteiger partial charge is 0.465 e. The molecule has 1 unspecified atom stereocenters. The smallest absolute Gasteiger partial charge is 0.337 e. The molecule has 1 heterocycles. The van der Waals surface area contributed by atoms with E-state index in [9.17, 15) is 18.0 Å². The summed E-state index contributed by atoms with van der Waals surface area (Å²) < 4.78 is 64.0. The van der Waals surface area contributed by atoms with E-state index in [2.05, 4.69) is 4.74 Å². The molecule has 9 heteroatoms. The zero-order valence-electron chi connectivity index (χ0n) is 18.2. The summed E-state index contributed by atoms with van der Waals surface area (Å²) in [7, 11) is -3.45.